The van der Waals surface area contributed by atoms with E-state index in [1.807, 2.05) is 0 Å². The molecule has 5 rings (SSSR count). The minimum absolute atomic E-state index is 0.211. The Morgan fingerprint density at radius 1 is 1.00 bits per heavy atom. The molecule has 2 aromatic rings. The second-order valence-corrected chi connectivity index (χ2v) is 11.2. The van der Waals surface area contributed by atoms with Crippen molar-refractivity contribution in [3.63, 3.8) is 0 Å². The number of carbonyl (C=O) groups is 1. The smallest absolute Gasteiger partial charge is 0.226 e. The van der Waals surface area contributed by atoms with E-state index < -0.39 is 0 Å². The molecule has 1 atom stereocenters. The number of fused-ring (bicyclic) bond motifs is 2. The number of hydrogen-bond acceptors (Lipinski definition) is 2. The number of nitrogens with zero attached hydrogens (tertiary/aromatic N) is 2. The monoisotopic (exact) mass is 456 g/mol. The zero-order valence-corrected chi connectivity index (χ0v) is 21.2. The Hall–Kier alpha value is -2.39. The Morgan fingerprint density at radius 2 is 1.71 bits per heavy atom. The lowest BCUT2D eigenvalue weighted by atomic mass is 9.79. The van der Waals surface area contributed by atoms with Crippen LogP contribution < -0.4 is 0 Å². The third-order valence-corrected chi connectivity index (χ3v) is 8.38. The zero-order chi connectivity index (χ0) is 23.7. The summed E-state index contributed by atoms with van der Waals surface area (Å²) in [5.41, 5.74) is 7.32. The predicted molar refractivity (Wildman–Crippen MR) is 140 cm³/mol. The van der Waals surface area contributed by atoms with Crippen molar-refractivity contribution in [1.82, 2.24) is 9.80 Å². The van der Waals surface area contributed by atoms with E-state index in [2.05, 4.69) is 85.3 Å². The van der Waals surface area contributed by atoms with Crippen molar-refractivity contribution in [2.24, 2.45) is 17.8 Å². The molecule has 0 spiro atoms. The minimum Gasteiger partial charge on any atom is -0.335 e. The first kappa shape index (κ1) is 23.4. The summed E-state index contributed by atoms with van der Waals surface area (Å²) in [5.74, 6) is 1.80. The van der Waals surface area contributed by atoms with Crippen LogP contribution in [-0.4, -0.2) is 41.9 Å². The summed E-state index contributed by atoms with van der Waals surface area (Å²) in [5, 5.41) is 0. The maximum Gasteiger partial charge on any atom is 0.226 e. The van der Waals surface area contributed by atoms with Crippen molar-refractivity contribution in [3.8, 4) is 0 Å². The molecule has 3 nitrogen and oxygen atoms in total. The number of carbonyl (C=O) groups excluding carboxylic acids is 1. The number of amides is 1. The molecule has 1 amide bonds. The van der Waals surface area contributed by atoms with Crippen molar-refractivity contribution in [3.05, 3.63) is 76.9 Å². The summed E-state index contributed by atoms with van der Waals surface area (Å²) in [7, 11) is 2.23. The first-order chi connectivity index (χ1) is 16.5. The van der Waals surface area contributed by atoms with Gasteiger partial charge in [-0.25, -0.2) is 0 Å². The molecule has 34 heavy (non-hydrogen) atoms. The van der Waals surface area contributed by atoms with E-state index in [-0.39, 0.29) is 12.0 Å². The summed E-state index contributed by atoms with van der Waals surface area (Å²) in [6.45, 7) is 7.60. The molecular formula is C31H40N2O. The summed E-state index contributed by atoms with van der Waals surface area (Å²) < 4.78 is 0. The molecule has 2 aromatic carbocycles. The normalized spacial score (nSPS) is 24.5. The maximum absolute atomic E-state index is 13.8. The Kier molecular flexibility index (Phi) is 6.92. The van der Waals surface area contributed by atoms with Gasteiger partial charge in [0, 0.05) is 25.6 Å². The summed E-state index contributed by atoms with van der Waals surface area (Å²) in [6.07, 6.45) is 6.50. The van der Waals surface area contributed by atoms with E-state index in [9.17, 15) is 4.79 Å². The fraction of sp³-hybridized carbons (Fsp3) is 0.516. The zero-order valence-electron chi connectivity index (χ0n) is 21.2. The van der Waals surface area contributed by atoms with E-state index in [1.54, 1.807) is 0 Å². The van der Waals surface area contributed by atoms with E-state index in [0.29, 0.717) is 17.7 Å². The third kappa shape index (κ3) is 4.73. The topological polar surface area (TPSA) is 23.6 Å². The van der Waals surface area contributed by atoms with Gasteiger partial charge in [-0.3, -0.25) is 4.79 Å². The first-order valence-electron chi connectivity index (χ1n) is 13.3. The van der Waals surface area contributed by atoms with Crippen molar-refractivity contribution in [1.29, 1.82) is 0 Å². The molecular weight excluding hydrogens is 416 g/mol. The average molecular weight is 457 g/mol. The SMILES string of the molecule is CC(C)C1C2=C(CCN1C(=O)C1CCC(CN(C)Cc3ccccc3)CC1)c1ccccc1C2. The molecule has 0 saturated heterocycles. The molecule has 1 heterocycles. The predicted octanol–water partition coefficient (Wildman–Crippen LogP) is 6.19. The van der Waals surface area contributed by atoms with Crippen LogP contribution in [0.15, 0.2) is 60.2 Å². The molecule has 3 heteroatoms. The van der Waals surface area contributed by atoms with Gasteiger partial charge in [0.05, 0.1) is 6.04 Å². The van der Waals surface area contributed by atoms with Crippen LogP contribution in [-0.2, 0) is 17.8 Å². The molecule has 1 aliphatic heterocycles. The van der Waals surface area contributed by atoms with Crippen LogP contribution >= 0.6 is 0 Å². The molecule has 0 aromatic heterocycles. The number of rotatable bonds is 6. The quantitative estimate of drug-likeness (QED) is 0.517. The van der Waals surface area contributed by atoms with Crippen LogP contribution in [0.25, 0.3) is 5.57 Å². The van der Waals surface area contributed by atoms with Gasteiger partial charge in [-0.05, 0) is 85.2 Å². The second-order valence-electron chi connectivity index (χ2n) is 11.2. The molecule has 0 N–H and O–H groups in total. The Labute approximate surface area is 205 Å². The Morgan fingerprint density at radius 3 is 2.44 bits per heavy atom. The van der Waals surface area contributed by atoms with Crippen molar-refractivity contribution in [2.45, 2.75) is 65.0 Å². The van der Waals surface area contributed by atoms with Gasteiger partial charge in [0.2, 0.25) is 5.91 Å². The lowest BCUT2D eigenvalue weighted by Crippen LogP contribution is -2.50. The van der Waals surface area contributed by atoms with Crippen LogP contribution in [0, 0.1) is 17.8 Å². The molecule has 2 aliphatic carbocycles. The van der Waals surface area contributed by atoms with E-state index >= 15 is 0 Å². The highest BCUT2D eigenvalue weighted by molar-refractivity contribution is 5.84. The summed E-state index contributed by atoms with van der Waals surface area (Å²) in [6, 6.07) is 19.9. The van der Waals surface area contributed by atoms with Gasteiger partial charge in [0.15, 0.2) is 0 Å². The largest absolute Gasteiger partial charge is 0.335 e. The molecule has 0 radical (unpaired) electrons. The van der Waals surface area contributed by atoms with Crippen LogP contribution in [0.4, 0.5) is 0 Å². The highest BCUT2D eigenvalue weighted by Gasteiger charge is 2.40. The van der Waals surface area contributed by atoms with Crippen LogP contribution in [0.2, 0.25) is 0 Å². The molecule has 1 fully saturated rings. The summed E-state index contributed by atoms with van der Waals surface area (Å²) in [4.78, 5) is 18.5. The van der Waals surface area contributed by atoms with Gasteiger partial charge in [-0.2, -0.15) is 0 Å². The highest BCUT2D eigenvalue weighted by Crippen LogP contribution is 2.43. The van der Waals surface area contributed by atoms with E-state index in [1.165, 1.54) is 40.7 Å². The molecule has 1 unspecified atom stereocenters. The van der Waals surface area contributed by atoms with Crippen molar-refractivity contribution >= 4 is 11.5 Å². The fourth-order valence-electron chi connectivity index (χ4n) is 6.83. The van der Waals surface area contributed by atoms with E-state index in [4.69, 9.17) is 0 Å². The van der Waals surface area contributed by atoms with Gasteiger partial charge < -0.3 is 9.80 Å². The average Bonchev–Trinajstić information content (AvgIpc) is 3.22. The second kappa shape index (κ2) is 10.1. The van der Waals surface area contributed by atoms with Gasteiger partial charge >= 0.3 is 0 Å². The molecule has 1 saturated carbocycles. The van der Waals surface area contributed by atoms with Gasteiger partial charge in [-0.15, -0.1) is 0 Å². The highest BCUT2D eigenvalue weighted by atomic mass is 16.2. The van der Waals surface area contributed by atoms with Gasteiger partial charge in [0.25, 0.3) is 0 Å². The lowest BCUT2D eigenvalue weighted by Gasteiger charge is -2.42. The van der Waals surface area contributed by atoms with E-state index in [0.717, 1.165) is 45.3 Å². The van der Waals surface area contributed by atoms with Crippen molar-refractivity contribution in [2.75, 3.05) is 20.1 Å². The number of hydrogen-bond donors (Lipinski definition) is 0. The van der Waals surface area contributed by atoms with Crippen LogP contribution in [0.5, 0.6) is 0 Å². The van der Waals surface area contributed by atoms with Crippen LogP contribution in [0.3, 0.4) is 0 Å². The van der Waals surface area contributed by atoms with Gasteiger partial charge in [-0.1, -0.05) is 68.4 Å². The standard InChI is InChI=1S/C31H40N2O/c1-22(2)30-29-19-26-11-7-8-12-27(26)28(29)17-18-33(30)31(34)25-15-13-24(14-16-25)21-32(3)20-23-9-5-4-6-10-23/h4-12,22,24-25,30H,13-21H2,1-3H3. The lowest BCUT2D eigenvalue weighted by molar-refractivity contribution is -0.139. The van der Waals surface area contributed by atoms with Crippen LogP contribution in [0.1, 0.15) is 62.6 Å². The fourth-order valence-corrected chi connectivity index (χ4v) is 6.83. The third-order valence-electron chi connectivity index (χ3n) is 8.38. The van der Waals surface area contributed by atoms with Gasteiger partial charge in [0.1, 0.15) is 0 Å². The summed E-state index contributed by atoms with van der Waals surface area (Å²) >= 11 is 0. The minimum atomic E-state index is 0.211. The molecule has 3 aliphatic rings. The first-order valence-corrected chi connectivity index (χ1v) is 13.3. The Bertz CT molecular complexity index is 1030. The van der Waals surface area contributed by atoms with Crippen molar-refractivity contribution < 1.29 is 4.79 Å². The molecule has 180 valence electrons. The number of benzene rings is 2. The molecule has 0 bridgehead atoms. The Balaban J connectivity index is 1.19. The maximum atomic E-state index is 13.8.